The average molecular weight is 274 g/mol. The summed E-state index contributed by atoms with van der Waals surface area (Å²) in [6.45, 7) is 4.62. The smallest absolute Gasteiger partial charge is 0.160 e. The normalized spacial score (nSPS) is 10.4. The Labute approximate surface area is 118 Å². The van der Waals surface area contributed by atoms with Crippen LogP contribution < -0.4 is 10.1 Å². The Hall–Kier alpha value is -2.10. The van der Waals surface area contributed by atoms with E-state index in [2.05, 4.69) is 10.3 Å². The standard InChI is InChI=1S/C16H19FN2O/c1-11-8-14(17)5-4-13(11)6-7-18-15-9-12(2)19-10-16(15)20-3/h4-5,8-10H,6-7H2,1-3H3,(H,18,19). The van der Waals surface area contributed by atoms with Gasteiger partial charge in [-0.2, -0.15) is 0 Å². The minimum atomic E-state index is -0.189. The zero-order valence-corrected chi connectivity index (χ0v) is 12.0. The van der Waals surface area contributed by atoms with Gasteiger partial charge in [-0.3, -0.25) is 4.98 Å². The summed E-state index contributed by atoms with van der Waals surface area (Å²) in [6.07, 6.45) is 2.54. The molecule has 0 aliphatic heterocycles. The number of hydrogen-bond acceptors (Lipinski definition) is 3. The minimum Gasteiger partial charge on any atom is -0.493 e. The summed E-state index contributed by atoms with van der Waals surface area (Å²) in [5, 5.41) is 3.34. The van der Waals surface area contributed by atoms with Crippen molar-refractivity contribution < 1.29 is 9.13 Å². The monoisotopic (exact) mass is 274 g/mol. The highest BCUT2D eigenvalue weighted by atomic mass is 19.1. The van der Waals surface area contributed by atoms with E-state index < -0.39 is 0 Å². The summed E-state index contributed by atoms with van der Waals surface area (Å²) in [5.74, 6) is 0.539. The number of nitrogens with one attached hydrogen (secondary N) is 1. The molecule has 1 aromatic heterocycles. The van der Waals surface area contributed by atoms with Gasteiger partial charge in [0.15, 0.2) is 5.75 Å². The molecule has 0 aliphatic rings. The number of pyridine rings is 1. The largest absolute Gasteiger partial charge is 0.493 e. The molecule has 0 fully saturated rings. The van der Waals surface area contributed by atoms with Crippen molar-refractivity contribution in [1.29, 1.82) is 0 Å². The first-order chi connectivity index (χ1) is 9.60. The Bertz CT molecular complexity index is 599. The Morgan fingerprint density at radius 3 is 2.75 bits per heavy atom. The lowest BCUT2D eigenvalue weighted by atomic mass is 10.1. The van der Waals surface area contributed by atoms with E-state index >= 15 is 0 Å². The number of rotatable bonds is 5. The molecule has 2 aromatic rings. The van der Waals surface area contributed by atoms with Crippen LogP contribution in [0.1, 0.15) is 16.8 Å². The van der Waals surface area contributed by atoms with E-state index in [0.29, 0.717) is 0 Å². The summed E-state index contributed by atoms with van der Waals surface area (Å²) in [5.41, 5.74) is 3.99. The molecule has 1 aromatic carbocycles. The van der Waals surface area contributed by atoms with Crippen LogP contribution in [0.25, 0.3) is 0 Å². The molecule has 0 spiro atoms. The van der Waals surface area contributed by atoms with Crippen molar-refractivity contribution in [3.63, 3.8) is 0 Å². The van der Waals surface area contributed by atoms with Crippen molar-refractivity contribution in [2.75, 3.05) is 19.0 Å². The number of ether oxygens (including phenoxy) is 1. The molecule has 20 heavy (non-hydrogen) atoms. The van der Waals surface area contributed by atoms with Gasteiger partial charge in [0.25, 0.3) is 0 Å². The topological polar surface area (TPSA) is 34.1 Å². The molecular formula is C16H19FN2O. The number of hydrogen-bond donors (Lipinski definition) is 1. The van der Waals surface area contributed by atoms with Crippen molar-refractivity contribution in [2.45, 2.75) is 20.3 Å². The Morgan fingerprint density at radius 1 is 1.25 bits per heavy atom. The van der Waals surface area contributed by atoms with E-state index in [0.717, 1.165) is 41.2 Å². The van der Waals surface area contributed by atoms with Crippen LogP contribution in [-0.4, -0.2) is 18.6 Å². The minimum absolute atomic E-state index is 0.189. The maximum Gasteiger partial charge on any atom is 0.160 e. The fourth-order valence-corrected chi connectivity index (χ4v) is 2.12. The number of aromatic nitrogens is 1. The molecule has 0 amide bonds. The summed E-state index contributed by atoms with van der Waals surface area (Å²) in [4.78, 5) is 4.19. The summed E-state index contributed by atoms with van der Waals surface area (Å²) in [7, 11) is 1.63. The molecule has 2 rings (SSSR count). The zero-order chi connectivity index (χ0) is 14.5. The van der Waals surface area contributed by atoms with Crippen LogP contribution in [0.4, 0.5) is 10.1 Å². The van der Waals surface area contributed by atoms with Crippen LogP contribution >= 0.6 is 0 Å². The maximum absolute atomic E-state index is 13.0. The van der Waals surface area contributed by atoms with Gasteiger partial charge >= 0.3 is 0 Å². The summed E-state index contributed by atoms with van der Waals surface area (Å²) < 4.78 is 18.3. The molecule has 3 nitrogen and oxygen atoms in total. The summed E-state index contributed by atoms with van der Waals surface area (Å²) in [6, 6.07) is 6.85. The van der Waals surface area contributed by atoms with Crippen LogP contribution in [0.2, 0.25) is 0 Å². The fraction of sp³-hybridized carbons (Fsp3) is 0.312. The third-order valence-corrected chi connectivity index (χ3v) is 3.24. The number of nitrogens with zero attached hydrogens (tertiary/aromatic N) is 1. The van der Waals surface area contributed by atoms with Crippen molar-refractivity contribution in [3.05, 3.63) is 53.1 Å². The predicted molar refractivity (Wildman–Crippen MR) is 78.9 cm³/mol. The van der Waals surface area contributed by atoms with Crippen LogP contribution in [0, 0.1) is 19.7 Å². The fourth-order valence-electron chi connectivity index (χ4n) is 2.12. The van der Waals surface area contributed by atoms with Gasteiger partial charge in [-0.1, -0.05) is 6.07 Å². The number of anilines is 1. The molecule has 0 unspecified atom stereocenters. The summed E-state index contributed by atoms with van der Waals surface area (Å²) >= 11 is 0. The van der Waals surface area contributed by atoms with Crippen LogP contribution in [0.3, 0.4) is 0 Å². The lowest BCUT2D eigenvalue weighted by Gasteiger charge is -2.12. The number of halogens is 1. The van der Waals surface area contributed by atoms with Gasteiger partial charge in [-0.15, -0.1) is 0 Å². The molecule has 0 saturated heterocycles. The van der Waals surface area contributed by atoms with Crippen molar-refractivity contribution in [2.24, 2.45) is 0 Å². The maximum atomic E-state index is 13.0. The second-order valence-electron chi connectivity index (χ2n) is 4.77. The number of benzene rings is 1. The van der Waals surface area contributed by atoms with Gasteiger partial charge < -0.3 is 10.1 Å². The van der Waals surface area contributed by atoms with E-state index in [1.807, 2.05) is 26.0 Å². The lowest BCUT2D eigenvalue weighted by Crippen LogP contribution is -2.07. The van der Waals surface area contributed by atoms with Gasteiger partial charge in [0.1, 0.15) is 5.82 Å². The third kappa shape index (κ3) is 3.47. The van der Waals surface area contributed by atoms with Crippen LogP contribution in [-0.2, 0) is 6.42 Å². The van der Waals surface area contributed by atoms with E-state index in [1.54, 1.807) is 19.4 Å². The number of aryl methyl sites for hydroxylation is 2. The van der Waals surface area contributed by atoms with E-state index in [-0.39, 0.29) is 5.82 Å². The Morgan fingerprint density at radius 2 is 2.05 bits per heavy atom. The van der Waals surface area contributed by atoms with Crippen molar-refractivity contribution >= 4 is 5.69 Å². The molecule has 0 aliphatic carbocycles. The molecule has 0 bridgehead atoms. The van der Waals surface area contributed by atoms with Crippen molar-refractivity contribution in [3.8, 4) is 5.75 Å². The van der Waals surface area contributed by atoms with Crippen molar-refractivity contribution in [1.82, 2.24) is 4.98 Å². The van der Waals surface area contributed by atoms with E-state index in [9.17, 15) is 4.39 Å². The van der Waals surface area contributed by atoms with Gasteiger partial charge in [0, 0.05) is 12.2 Å². The molecule has 1 N–H and O–H groups in total. The predicted octanol–water partition coefficient (Wildman–Crippen LogP) is 3.50. The van der Waals surface area contributed by atoms with E-state index in [1.165, 1.54) is 6.07 Å². The Kier molecular flexibility index (Phi) is 4.56. The van der Waals surface area contributed by atoms with Crippen LogP contribution in [0.15, 0.2) is 30.5 Å². The zero-order valence-electron chi connectivity index (χ0n) is 12.0. The van der Waals surface area contributed by atoms with Gasteiger partial charge in [-0.05, 0) is 49.6 Å². The van der Waals surface area contributed by atoms with Crippen LogP contribution in [0.5, 0.6) is 5.75 Å². The molecule has 1 heterocycles. The molecule has 4 heteroatoms. The Balaban J connectivity index is 2.01. The second-order valence-corrected chi connectivity index (χ2v) is 4.77. The van der Waals surface area contributed by atoms with Gasteiger partial charge in [0.05, 0.1) is 19.0 Å². The van der Waals surface area contributed by atoms with Gasteiger partial charge in [0.2, 0.25) is 0 Å². The highest BCUT2D eigenvalue weighted by Crippen LogP contribution is 2.23. The molecule has 106 valence electrons. The molecule has 0 saturated carbocycles. The highest BCUT2D eigenvalue weighted by Gasteiger charge is 2.04. The first kappa shape index (κ1) is 14.3. The highest BCUT2D eigenvalue weighted by molar-refractivity contribution is 5.56. The third-order valence-electron chi connectivity index (χ3n) is 3.24. The lowest BCUT2D eigenvalue weighted by molar-refractivity contribution is 0.414. The second kappa shape index (κ2) is 6.37. The first-order valence-corrected chi connectivity index (χ1v) is 6.59. The SMILES string of the molecule is COc1cnc(C)cc1NCCc1ccc(F)cc1C. The first-order valence-electron chi connectivity index (χ1n) is 6.59. The molecule has 0 radical (unpaired) electrons. The number of methoxy groups -OCH3 is 1. The molecular weight excluding hydrogens is 255 g/mol. The quantitative estimate of drug-likeness (QED) is 0.906. The van der Waals surface area contributed by atoms with E-state index in [4.69, 9.17) is 4.74 Å². The van der Waals surface area contributed by atoms with Gasteiger partial charge in [-0.25, -0.2) is 4.39 Å². The molecule has 0 atom stereocenters. The average Bonchev–Trinajstić information content (AvgIpc) is 2.41.